The van der Waals surface area contributed by atoms with E-state index in [4.69, 9.17) is 0 Å². The van der Waals surface area contributed by atoms with E-state index in [0.29, 0.717) is 12.1 Å². The van der Waals surface area contributed by atoms with E-state index in [1.165, 1.54) is 0 Å². The van der Waals surface area contributed by atoms with Crippen molar-refractivity contribution in [3.63, 3.8) is 0 Å². The van der Waals surface area contributed by atoms with Gasteiger partial charge in [-0.1, -0.05) is 35.0 Å². The lowest BCUT2D eigenvalue weighted by Gasteiger charge is -2.08. The van der Waals surface area contributed by atoms with Gasteiger partial charge in [-0.2, -0.15) is 0 Å². The van der Waals surface area contributed by atoms with Gasteiger partial charge in [-0.25, -0.2) is 4.98 Å². The lowest BCUT2D eigenvalue weighted by molar-refractivity contribution is 0.0951. The van der Waals surface area contributed by atoms with Crippen LogP contribution in [0.3, 0.4) is 0 Å². The average molecular weight is 348 g/mol. The van der Waals surface area contributed by atoms with Crippen molar-refractivity contribution in [3.05, 3.63) is 58.2 Å². The van der Waals surface area contributed by atoms with Gasteiger partial charge < -0.3 is 10.6 Å². The SMILES string of the molecule is CCCNc1cc(C(=O)NCc2ccc(Br)cc2)ccn1. The first-order valence-electron chi connectivity index (χ1n) is 6.91. The van der Waals surface area contributed by atoms with Crippen LogP contribution >= 0.6 is 15.9 Å². The highest BCUT2D eigenvalue weighted by Gasteiger charge is 2.06. The van der Waals surface area contributed by atoms with Crippen molar-refractivity contribution in [2.24, 2.45) is 0 Å². The summed E-state index contributed by atoms with van der Waals surface area (Å²) in [4.78, 5) is 16.3. The van der Waals surface area contributed by atoms with Crippen molar-refractivity contribution in [1.82, 2.24) is 10.3 Å². The maximum atomic E-state index is 12.1. The molecule has 0 bridgehead atoms. The van der Waals surface area contributed by atoms with E-state index in [1.807, 2.05) is 24.3 Å². The second kappa shape index (κ2) is 7.78. The summed E-state index contributed by atoms with van der Waals surface area (Å²) < 4.78 is 1.03. The number of pyridine rings is 1. The van der Waals surface area contributed by atoms with Crippen LogP contribution in [-0.4, -0.2) is 17.4 Å². The molecule has 2 rings (SSSR count). The zero-order valence-electron chi connectivity index (χ0n) is 11.9. The van der Waals surface area contributed by atoms with Gasteiger partial charge in [0.05, 0.1) is 0 Å². The molecule has 0 aliphatic carbocycles. The highest BCUT2D eigenvalue weighted by molar-refractivity contribution is 9.10. The first kappa shape index (κ1) is 15.5. The first-order chi connectivity index (χ1) is 10.2. The topological polar surface area (TPSA) is 54.0 Å². The largest absolute Gasteiger partial charge is 0.370 e. The normalized spacial score (nSPS) is 10.2. The van der Waals surface area contributed by atoms with Crippen LogP contribution in [0.1, 0.15) is 29.3 Å². The third kappa shape index (κ3) is 4.86. The highest BCUT2D eigenvalue weighted by Crippen LogP contribution is 2.11. The fourth-order valence-corrected chi connectivity index (χ4v) is 2.07. The van der Waals surface area contributed by atoms with E-state index in [2.05, 4.69) is 38.5 Å². The van der Waals surface area contributed by atoms with Crippen molar-refractivity contribution in [3.8, 4) is 0 Å². The molecule has 21 heavy (non-hydrogen) atoms. The molecule has 0 aliphatic heterocycles. The number of carbonyl (C=O) groups excluding carboxylic acids is 1. The fraction of sp³-hybridized carbons (Fsp3) is 0.250. The maximum absolute atomic E-state index is 12.1. The number of nitrogens with one attached hydrogen (secondary N) is 2. The van der Waals surface area contributed by atoms with Crippen LogP contribution in [0, 0.1) is 0 Å². The van der Waals surface area contributed by atoms with Crippen LogP contribution < -0.4 is 10.6 Å². The summed E-state index contributed by atoms with van der Waals surface area (Å²) in [6, 6.07) is 11.4. The fourth-order valence-electron chi connectivity index (χ4n) is 1.81. The molecule has 1 aromatic carbocycles. The molecule has 0 radical (unpaired) electrons. The monoisotopic (exact) mass is 347 g/mol. The Balaban J connectivity index is 1.95. The van der Waals surface area contributed by atoms with E-state index in [-0.39, 0.29) is 5.91 Å². The quantitative estimate of drug-likeness (QED) is 0.839. The summed E-state index contributed by atoms with van der Waals surface area (Å²) in [5.74, 6) is 0.632. The number of hydrogen-bond donors (Lipinski definition) is 2. The van der Waals surface area contributed by atoms with Gasteiger partial charge in [-0.15, -0.1) is 0 Å². The van der Waals surface area contributed by atoms with E-state index in [0.717, 1.165) is 28.8 Å². The molecule has 0 aliphatic rings. The molecule has 0 spiro atoms. The van der Waals surface area contributed by atoms with Crippen molar-refractivity contribution in [1.29, 1.82) is 0 Å². The van der Waals surface area contributed by atoms with E-state index < -0.39 is 0 Å². The van der Waals surface area contributed by atoms with Gasteiger partial charge in [0, 0.05) is 29.3 Å². The predicted octanol–water partition coefficient (Wildman–Crippen LogP) is 3.60. The van der Waals surface area contributed by atoms with Crippen LogP contribution in [0.25, 0.3) is 0 Å². The lowest BCUT2D eigenvalue weighted by atomic mass is 10.2. The Kier molecular flexibility index (Phi) is 5.75. The second-order valence-corrected chi connectivity index (χ2v) is 5.58. The van der Waals surface area contributed by atoms with Gasteiger partial charge in [0.1, 0.15) is 5.82 Å². The smallest absolute Gasteiger partial charge is 0.251 e. The van der Waals surface area contributed by atoms with Gasteiger partial charge in [0.15, 0.2) is 0 Å². The molecule has 2 N–H and O–H groups in total. The minimum atomic E-state index is -0.0973. The van der Waals surface area contributed by atoms with E-state index >= 15 is 0 Å². The van der Waals surface area contributed by atoms with Crippen LogP contribution in [0.2, 0.25) is 0 Å². The lowest BCUT2D eigenvalue weighted by Crippen LogP contribution is -2.23. The van der Waals surface area contributed by atoms with Gasteiger partial charge in [0.25, 0.3) is 5.91 Å². The average Bonchev–Trinajstić information content (AvgIpc) is 2.52. The molecule has 1 heterocycles. The summed E-state index contributed by atoms with van der Waals surface area (Å²) in [5.41, 5.74) is 1.67. The molecule has 0 saturated heterocycles. The zero-order chi connectivity index (χ0) is 15.1. The molecule has 5 heteroatoms. The number of benzene rings is 1. The van der Waals surface area contributed by atoms with Crippen LogP contribution in [-0.2, 0) is 6.54 Å². The van der Waals surface area contributed by atoms with Crippen LogP contribution in [0.4, 0.5) is 5.82 Å². The third-order valence-electron chi connectivity index (χ3n) is 2.94. The minimum absolute atomic E-state index is 0.0973. The molecule has 1 aromatic heterocycles. The van der Waals surface area contributed by atoms with Crippen LogP contribution in [0.5, 0.6) is 0 Å². The zero-order valence-corrected chi connectivity index (χ0v) is 13.5. The maximum Gasteiger partial charge on any atom is 0.251 e. The Labute approximate surface area is 133 Å². The summed E-state index contributed by atoms with van der Waals surface area (Å²) in [7, 11) is 0. The number of nitrogens with zero attached hydrogens (tertiary/aromatic N) is 1. The molecule has 1 amide bonds. The molecule has 0 saturated carbocycles. The molecule has 110 valence electrons. The summed E-state index contributed by atoms with van der Waals surface area (Å²) in [5, 5.41) is 6.08. The van der Waals surface area contributed by atoms with Crippen molar-refractivity contribution in [2.75, 3.05) is 11.9 Å². The third-order valence-corrected chi connectivity index (χ3v) is 3.47. The summed E-state index contributed by atoms with van der Waals surface area (Å²) in [6.45, 7) is 3.44. The van der Waals surface area contributed by atoms with Gasteiger partial charge >= 0.3 is 0 Å². The van der Waals surface area contributed by atoms with Crippen molar-refractivity contribution >= 4 is 27.7 Å². The molecule has 4 nitrogen and oxygen atoms in total. The molecule has 0 fully saturated rings. The predicted molar refractivity (Wildman–Crippen MR) is 88.3 cm³/mol. The number of hydrogen-bond acceptors (Lipinski definition) is 3. The van der Waals surface area contributed by atoms with E-state index in [9.17, 15) is 4.79 Å². The number of aromatic nitrogens is 1. The van der Waals surface area contributed by atoms with Gasteiger partial charge in [-0.05, 0) is 36.2 Å². The summed E-state index contributed by atoms with van der Waals surface area (Å²) >= 11 is 3.39. The highest BCUT2D eigenvalue weighted by atomic mass is 79.9. The van der Waals surface area contributed by atoms with Crippen LogP contribution in [0.15, 0.2) is 47.1 Å². The number of amides is 1. The van der Waals surface area contributed by atoms with Crippen molar-refractivity contribution in [2.45, 2.75) is 19.9 Å². The molecular weight excluding hydrogens is 330 g/mol. The van der Waals surface area contributed by atoms with Gasteiger partial charge in [0.2, 0.25) is 0 Å². The molecule has 0 atom stereocenters. The molecular formula is C16H18BrN3O. The van der Waals surface area contributed by atoms with E-state index in [1.54, 1.807) is 18.3 Å². The Hall–Kier alpha value is -1.88. The number of anilines is 1. The Morgan fingerprint density at radius 1 is 1.24 bits per heavy atom. The number of halogens is 1. The number of rotatable bonds is 6. The Morgan fingerprint density at radius 2 is 2.00 bits per heavy atom. The minimum Gasteiger partial charge on any atom is -0.370 e. The molecule has 2 aromatic rings. The Morgan fingerprint density at radius 3 is 2.71 bits per heavy atom. The second-order valence-electron chi connectivity index (χ2n) is 4.67. The molecule has 0 unspecified atom stereocenters. The summed E-state index contributed by atoms with van der Waals surface area (Å²) in [6.07, 6.45) is 2.66. The standard InChI is InChI=1S/C16H18BrN3O/c1-2-8-18-15-10-13(7-9-19-15)16(21)20-11-12-3-5-14(17)6-4-12/h3-7,9-10H,2,8,11H2,1H3,(H,18,19)(H,20,21). The first-order valence-corrected chi connectivity index (χ1v) is 7.71. The van der Waals surface area contributed by atoms with Crippen molar-refractivity contribution < 1.29 is 4.79 Å². The Bertz CT molecular complexity index is 599. The number of carbonyl (C=O) groups is 1. The van der Waals surface area contributed by atoms with Gasteiger partial charge in [-0.3, -0.25) is 4.79 Å².